The topological polar surface area (TPSA) is 12.0 Å². The quantitative estimate of drug-likeness (QED) is 0.739. The van der Waals surface area contributed by atoms with Crippen molar-refractivity contribution in [2.45, 2.75) is 24.6 Å². The Morgan fingerprint density at radius 1 is 1.14 bits per heavy atom. The normalized spacial score (nSPS) is 18.4. The van der Waals surface area contributed by atoms with Crippen molar-refractivity contribution in [3.63, 3.8) is 0 Å². The van der Waals surface area contributed by atoms with Crippen molar-refractivity contribution in [2.24, 2.45) is 0 Å². The lowest BCUT2D eigenvalue weighted by atomic mass is 9.90. The van der Waals surface area contributed by atoms with E-state index in [9.17, 15) is 0 Å². The minimum atomic E-state index is 0.618. The average molecular weight is 210 g/mol. The molecular formula is C12H16ClN. The van der Waals surface area contributed by atoms with Gasteiger partial charge in [0.2, 0.25) is 0 Å². The summed E-state index contributed by atoms with van der Waals surface area (Å²) in [5, 5.41) is 3.39. The van der Waals surface area contributed by atoms with Crippen LogP contribution >= 0.6 is 11.6 Å². The van der Waals surface area contributed by atoms with Gasteiger partial charge >= 0.3 is 0 Å². The highest BCUT2D eigenvalue weighted by molar-refractivity contribution is 6.17. The minimum Gasteiger partial charge on any atom is -0.317 e. The number of hydrogen-bond donors (Lipinski definition) is 1. The zero-order chi connectivity index (χ0) is 9.80. The minimum absolute atomic E-state index is 0.618. The fourth-order valence-electron chi connectivity index (χ4n) is 2.03. The Hall–Kier alpha value is -0.530. The van der Waals surface area contributed by atoms with E-state index in [1.54, 1.807) is 0 Å². The lowest BCUT2D eigenvalue weighted by Crippen LogP contribution is -2.26. The Kier molecular flexibility index (Phi) is 3.44. The van der Waals surface area contributed by atoms with Crippen LogP contribution < -0.4 is 5.32 Å². The SMILES string of the molecule is ClCc1ccc(C2CCNCC2)cc1. The number of alkyl halides is 1. The van der Waals surface area contributed by atoms with Crippen LogP contribution in [0.2, 0.25) is 0 Å². The molecule has 1 nitrogen and oxygen atoms in total. The number of benzene rings is 1. The molecule has 0 radical (unpaired) electrons. The number of nitrogens with one attached hydrogen (secondary N) is 1. The van der Waals surface area contributed by atoms with Gasteiger partial charge in [0, 0.05) is 5.88 Å². The number of halogens is 1. The van der Waals surface area contributed by atoms with Crippen LogP contribution in [0.25, 0.3) is 0 Å². The van der Waals surface area contributed by atoms with Crippen molar-refractivity contribution >= 4 is 11.6 Å². The highest BCUT2D eigenvalue weighted by Crippen LogP contribution is 2.25. The zero-order valence-corrected chi connectivity index (χ0v) is 9.06. The van der Waals surface area contributed by atoms with E-state index in [1.807, 2.05) is 0 Å². The van der Waals surface area contributed by atoms with Crippen molar-refractivity contribution in [1.82, 2.24) is 5.32 Å². The summed E-state index contributed by atoms with van der Waals surface area (Å²) in [6.07, 6.45) is 2.53. The summed E-state index contributed by atoms with van der Waals surface area (Å²) in [7, 11) is 0. The van der Waals surface area contributed by atoms with Crippen LogP contribution in [-0.4, -0.2) is 13.1 Å². The van der Waals surface area contributed by atoms with Gasteiger partial charge in [0.05, 0.1) is 0 Å². The Balaban J connectivity index is 2.07. The van der Waals surface area contributed by atoms with Gasteiger partial charge < -0.3 is 5.32 Å². The van der Waals surface area contributed by atoms with Crippen molar-refractivity contribution < 1.29 is 0 Å². The highest BCUT2D eigenvalue weighted by Gasteiger charge is 2.14. The number of hydrogen-bond acceptors (Lipinski definition) is 1. The Morgan fingerprint density at radius 3 is 2.36 bits per heavy atom. The fraction of sp³-hybridized carbons (Fsp3) is 0.500. The monoisotopic (exact) mass is 209 g/mol. The second kappa shape index (κ2) is 4.81. The third-order valence-electron chi connectivity index (χ3n) is 2.94. The molecule has 0 saturated carbocycles. The molecule has 1 saturated heterocycles. The lowest BCUT2D eigenvalue weighted by Gasteiger charge is -2.23. The molecule has 14 heavy (non-hydrogen) atoms. The summed E-state index contributed by atoms with van der Waals surface area (Å²) in [4.78, 5) is 0. The van der Waals surface area contributed by atoms with Crippen LogP contribution in [0.3, 0.4) is 0 Å². The molecule has 1 N–H and O–H groups in total. The van der Waals surface area contributed by atoms with E-state index in [4.69, 9.17) is 11.6 Å². The molecule has 2 rings (SSSR count). The van der Waals surface area contributed by atoms with Crippen LogP contribution in [-0.2, 0) is 5.88 Å². The molecule has 0 unspecified atom stereocenters. The summed E-state index contributed by atoms with van der Waals surface area (Å²) in [5.41, 5.74) is 2.68. The summed E-state index contributed by atoms with van der Waals surface area (Å²) in [6.45, 7) is 2.31. The van der Waals surface area contributed by atoms with Gasteiger partial charge in [-0.25, -0.2) is 0 Å². The number of piperidine rings is 1. The fourth-order valence-corrected chi connectivity index (χ4v) is 2.21. The van der Waals surface area contributed by atoms with Gasteiger partial charge in [-0.05, 0) is 43.0 Å². The molecule has 1 heterocycles. The first-order chi connectivity index (χ1) is 6.90. The van der Waals surface area contributed by atoms with Gasteiger partial charge in [0.25, 0.3) is 0 Å². The molecule has 76 valence electrons. The van der Waals surface area contributed by atoms with Gasteiger partial charge in [-0.15, -0.1) is 11.6 Å². The predicted octanol–water partition coefficient (Wildman–Crippen LogP) is 2.89. The Morgan fingerprint density at radius 2 is 1.79 bits per heavy atom. The Labute approximate surface area is 90.5 Å². The van der Waals surface area contributed by atoms with Crippen molar-refractivity contribution in [3.8, 4) is 0 Å². The summed E-state index contributed by atoms with van der Waals surface area (Å²) < 4.78 is 0. The standard InChI is InChI=1S/C12H16ClN/c13-9-10-1-3-11(4-2-10)12-5-7-14-8-6-12/h1-4,12,14H,5-9H2. The van der Waals surface area contributed by atoms with Crippen molar-refractivity contribution in [3.05, 3.63) is 35.4 Å². The van der Waals surface area contributed by atoms with Gasteiger partial charge in [-0.3, -0.25) is 0 Å². The zero-order valence-electron chi connectivity index (χ0n) is 8.30. The lowest BCUT2D eigenvalue weighted by molar-refractivity contribution is 0.460. The maximum absolute atomic E-state index is 5.76. The van der Waals surface area contributed by atoms with Crippen LogP contribution in [0.5, 0.6) is 0 Å². The molecule has 1 fully saturated rings. The predicted molar refractivity (Wildman–Crippen MR) is 60.8 cm³/mol. The van der Waals surface area contributed by atoms with Crippen LogP contribution in [0.1, 0.15) is 29.9 Å². The Bertz CT molecular complexity index is 275. The molecule has 1 aromatic rings. The van der Waals surface area contributed by atoms with Crippen molar-refractivity contribution in [1.29, 1.82) is 0 Å². The first kappa shape index (κ1) is 10.0. The first-order valence-electron chi connectivity index (χ1n) is 5.25. The first-order valence-corrected chi connectivity index (χ1v) is 5.79. The summed E-state index contributed by atoms with van der Waals surface area (Å²) >= 11 is 5.76. The smallest absolute Gasteiger partial charge is 0.0474 e. The molecule has 0 atom stereocenters. The second-order valence-corrected chi connectivity index (χ2v) is 4.17. The summed E-state index contributed by atoms with van der Waals surface area (Å²) in [6, 6.07) is 8.75. The molecule has 1 aliphatic rings. The van der Waals surface area contributed by atoms with Gasteiger partial charge in [0.1, 0.15) is 0 Å². The van der Waals surface area contributed by atoms with Crippen LogP contribution in [0.4, 0.5) is 0 Å². The van der Waals surface area contributed by atoms with Crippen molar-refractivity contribution in [2.75, 3.05) is 13.1 Å². The van der Waals surface area contributed by atoms with E-state index >= 15 is 0 Å². The third-order valence-corrected chi connectivity index (χ3v) is 3.25. The summed E-state index contributed by atoms with van der Waals surface area (Å²) in [5.74, 6) is 1.37. The van der Waals surface area contributed by atoms with E-state index in [-0.39, 0.29) is 0 Å². The van der Waals surface area contributed by atoms with Gasteiger partial charge in [-0.2, -0.15) is 0 Å². The molecule has 1 aliphatic heterocycles. The molecule has 2 heteroatoms. The van der Waals surface area contributed by atoms with Gasteiger partial charge in [0.15, 0.2) is 0 Å². The molecule has 0 amide bonds. The molecule has 0 aliphatic carbocycles. The molecule has 0 bridgehead atoms. The van der Waals surface area contributed by atoms with E-state index in [1.165, 1.54) is 24.0 Å². The van der Waals surface area contributed by atoms with E-state index < -0.39 is 0 Å². The van der Waals surface area contributed by atoms with Crippen LogP contribution in [0.15, 0.2) is 24.3 Å². The van der Waals surface area contributed by atoms with E-state index in [0.717, 1.165) is 19.0 Å². The molecule has 0 spiro atoms. The van der Waals surface area contributed by atoms with Gasteiger partial charge in [-0.1, -0.05) is 24.3 Å². The molecule has 0 aromatic heterocycles. The highest BCUT2D eigenvalue weighted by atomic mass is 35.5. The van der Waals surface area contributed by atoms with E-state index in [2.05, 4.69) is 29.6 Å². The van der Waals surface area contributed by atoms with E-state index in [0.29, 0.717) is 5.88 Å². The molecule has 1 aromatic carbocycles. The average Bonchev–Trinajstić information content (AvgIpc) is 2.30. The maximum Gasteiger partial charge on any atom is 0.0474 e. The van der Waals surface area contributed by atoms with Crippen LogP contribution in [0, 0.1) is 0 Å². The number of rotatable bonds is 2. The third kappa shape index (κ3) is 2.28. The molecular weight excluding hydrogens is 194 g/mol. The second-order valence-electron chi connectivity index (χ2n) is 3.90. The maximum atomic E-state index is 5.76. The largest absolute Gasteiger partial charge is 0.317 e.